The molecule has 2 rings (SSSR count). The van der Waals surface area contributed by atoms with E-state index in [2.05, 4.69) is 10.6 Å². The number of carboxylic acid groups (broad SMARTS) is 1. The predicted molar refractivity (Wildman–Crippen MR) is 72.8 cm³/mol. The van der Waals surface area contributed by atoms with Crippen LogP contribution in [0.3, 0.4) is 0 Å². The van der Waals surface area contributed by atoms with Crippen LogP contribution in [0.1, 0.15) is 19.3 Å². The van der Waals surface area contributed by atoms with Gasteiger partial charge < -0.3 is 15.7 Å². The number of halogens is 2. The molecule has 19 heavy (non-hydrogen) atoms. The molecule has 0 bridgehead atoms. The van der Waals surface area contributed by atoms with Gasteiger partial charge in [-0.1, -0.05) is 23.2 Å². The van der Waals surface area contributed by atoms with Crippen LogP contribution < -0.4 is 10.6 Å². The molecule has 0 atom stereocenters. The molecule has 0 unspecified atom stereocenters. The fraction of sp³-hybridized carbons (Fsp3) is 0.333. The molecule has 0 aromatic heterocycles. The molecule has 0 spiro atoms. The predicted octanol–water partition coefficient (Wildman–Crippen LogP) is 3.12. The highest BCUT2D eigenvalue weighted by molar-refractivity contribution is 6.35. The zero-order valence-corrected chi connectivity index (χ0v) is 11.4. The second-order valence-electron chi connectivity index (χ2n) is 4.48. The Bertz CT molecular complexity index is 509. The zero-order valence-electron chi connectivity index (χ0n) is 9.87. The molecule has 1 aromatic rings. The van der Waals surface area contributed by atoms with Crippen molar-refractivity contribution in [1.82, 2.24) is 5.32 Å². The van der Waals surface area contributed by atoms with E-state index in [1.165, 1.54) is 18.2 Å². The van der Waals surface area contributed by atoms with E-state index in [9.17, 15) is 9.59 Å². The highest BCUT2D eigenvalue weighted by atomic mass is 35.5. The van der Waals surface area contributed by atoms with E-state index in [0.29, 0.717) is 28.6 Å². The number of urea groups is 1. The van der Waals surface area contributed by atoms with Crippen molar-refractivity contribution in [3.05, 3.63) is 28.2 Å². The van der Waals surface area contributed by atoms with Gasteiger partial charge in [0.15, 0.2) is 0 Å². The molecule has 1 aliphatic rings. The van der Waals surface area contributed by atoms with Crippen molar-refractivity contribution in [1.29, 1.82) is 0 Å². The Morgan fingerprint density at radius 2 is 1.74 bits per heavy atom. The van der Waals surface area contributed by atoms with Crippen LogP contribution in [-0.4, -0.2) is 22.6 Å². The number of carbonyl (C=O) groups excluding carboxylic acids is 1. The minimum atomic E-state index is -1.15. The van der Waals surface area contributed by atoms with E-state index in [-0.39, 0.29) is 0 Å². The Labute approximate surface area is 119 Å². The first-order chi connectivity index (χ1) is 8.91. The van der Waals surface area contributed by atoms with Crippen molar-refractivity contribution in [2.24, 2.45) is 0 Å². The third-order valence-electron chi connectivity index (χ3n) is 3.09. The summed E-state index contributed by atoms with van der Waals surface area (Å²) >= 11 is 11.6. The second-order valence-corrected chi connectivity index (χ2v) is 5.35. The van der Waals surface area contributed by atoms with Crippen LogP contribution in [0.15, 0.2) is 18.2 Å². The standard InChI is InChI=1S/C12H12Cl2N2O3/c13-7-4-8(14)6-9(5-7)15-11(19)16-12(10(17)18)2-1-3-12/h4-6H,1-3H2,(H,17,18)(H2,15,16,19). The van der Waals surface area contributed by atoms with Crippen molar-refractivity contribution < 1.29 is 14.7 Å². The smallest absolute Gasteiger partial charge is 0.329 e. The first kappa shape index (κ1) is 14.0. The number of anilines is 1. The van der Waals surface area contributed by atoms with Gasteiger partial charge in [0.25, 0.3) is 0 Å². The van der Waals surface area contributed by atoms with Crippen LogP contribution in [0.2, 0.25) is 10.0 Å². The second kappa shape index (κ2) is 5.27. The summed E-state index contributed by atoms with van der Waals surface area (Å²) < 4.78 is 0. The van der Waals surface area contributed by atoms with Gasteiger partial charge in [-0.05, 0) is 37.5 Å². The van der Waals surface area contributed by atoms with Gasteiger partial charge in [-0.3, -0.25) is 0 Å². The molecule has 0 radical (unpaired) electrons. The maximum atomic E-state index is 11.8. The summed E-state index contributed by atoms with van der Waals surface area (Å²) in [7, 11) is 0. The van der Waals surface area contributed by atoms with Gasteiger partial charge in [0.2, 0.25) is 0 Å². The number of carboxylic acids is 1. The highest BCUT2D eigenvalue weighted by Gasteiger charge is 2.45. The number of aliphatic carboxylic acids is 1. The van der Waals surface area contributed by atoms with Gasteiger partial charge in [0.05, 0.1) is 0 Å². The number of amides is 2. The van der Waals surface area contributed by atoms with Crippen LogP contribution in [0.5, 0.6) is 0 Å². The van der Waals surface area contributed by atoms with Gasteiger partial charge >= 0.3 is 12.0 Å². The maximum Gasteiger partial charge on any atom is 0.329 e. The van der Waals surface area contributed by atoms with Crippen molar-refractivity contribution >= 4 is 40.9 Å². The van der Waals surface area contributed by atoms with Crippen molar-refractivity contribution in [2.75, 3.05) is 5.32 Å². The summed E-state index contributed by atoms with van der Waals surface area (Å²) in [6.07, 6.45) is 1.66. The lowest BCUT2D eigenvalue weighted by Gasteiger charge is -2.38. The van der Waals surface area contributed by atoms with Gasteiger partial charge in [-0.15, -0.1) is 0 Å². The van der Waals surface area contributed by atoms with Crippen molar-refractivity contribution in [3.8, 4) is 0 Å². The summed E-state index contributed by atoms with van der Waals surface area (Å²) in [5.74, 6) is -1.02. The van der Waals surface area contributed by atoms with E-state index in [4.69, 9.17) is 28.3 Å². The number of hydrogen-bond donors (Lipinski definition) is 3. The SMILES string of the molecule is O=C(Nc1cc(Cl)cc(Cl)c1)NC1(C(=O)O)CCC1. The Hall–Kier alpha value is -1.46. The summed E-state index contributed by atoms with van der Waals surface area (Å²) in [6, 6.07) is 4.01. The quantitative estimate of drug-likeness (QED) is 0.802. The molecule has 0 saturated heterocycles. The summed E-state index contributed by atoms with van der Waals surface area (Å²) in [5.41, 5.74) is -0.734. The Balaban J connectivity index is 2.03. The van der Waals surface area contributed by atoms with Gasteiger partial charge in [-0.25, -0.2) is 9.59 Å². The average molecular weight is 303 g/mol. The molecule has 1 aliphatic carbocycles. The monoisotopic (exact) mass is 302 g/mol. The molecule has 0 aliphatic heterocycles. The molecule has 1 aromatic carbocycles. The number of benzene rings is 1. The molecule has 5 nitrogen and oxygen atoms in total. The van der Waals surface area contributed by atoms with Crippen LogP contribution in [-0.2, 0) is 4.79 Å². The maximum absolute atomic E-state index is 11.8. The molecule has 3 N–H and O–H groups in total. The van der Waals surface area contributed by atoms with Crippen molar-refractivity contribution in [2.45, 2.75) is 24.8 Å². The molecule has 102 valence electrons. The number of rotatable bonds is 3. The molecular formula is C12H12Cl2N2O3. The highest BCUT2D eigenvalue weighted by Crippen LogP contribution is 2.32. The fourth-order valence-corrected chi connectivity index (χ4v) is 2.45. The Morgan fingerprint density at radius 1 is 1.16 bits per heavy atom. The summed E-state index contributed by atoms with van der Waals surface area (Å²) in [4.78, 5) is 22.9. The fourth-order valence-electron chi connectivity index (χ4n) is 1.93. The zero-order chi connectivity index (χ0) is 14.0. The molecule has 7 heteroatoms. The average Bonchev–Trinajstić information content (AvgIpc) is 2.21. The molecule has 2 amide bonds. The largest absolute Gasteiger partial charge is 0.480 e. The van der Waals surface area contributed by atoms with Crippen molar-refractivity contribution in [3.63, 3.8) is 0 Å². The van der Waals surface area contributed by atoms with Crippen LogP contribution in [0.4, 0.5) is 10.5 Å². The lowest BCUT2D eigenvalue weighted by molar-refractivity contribution is -0.148. The van der Waals surface area contributed by atoms with Crippen LogP contribution in [0.25, 0.3) is 0 Å². The summed E-state index contributed by atoms with van der Waals surface area (Å²) in [5, 5.41) is 14.9. The first-order valence-corrected chi connectivity index (χ1v) is 6.45. The van der Waals surface area contributed by atoms with Crippen LogP contribution >= 0.6 is 23.2 Å². The van der Waals surface area contributed by atoms with E-state index in [0.717, 1.165) is 6.42 Å². The lowest BCUT2D eigenvalue weighted by Crippen LogP contribution is -2.60. The minimum absolute atomic E-state index is 0.388. The molecule has 1 saturated carbocycles. The third-order valence-corrected chi connectivity index (χ3v) is 3.53. The van der Waals surface area contributed by atoms with E-state index < -0.39 is 17.5 Å². The molecule has 1 fully saturated rings. The van der Waals surface area contributed by atoms with E-state index in [1.54, 1.807) is 0 Å². The van der Waals surface area contributed by atoms with E-state index >= 15 is 0 Å². The third kappa shape index (κ3) is 3.11. The van der Waals surface area contributed by atoms with Gasteiger partial charge in [0, 0.05) is 15.7 Å². The number of nitrogens with one attached hydrogen (secondary N) is 2. The van der Waals surface area contributed by atoms with Gasteiger partial charge in [-0.2, -0.15) is 0 Å². The number of hydrogen-bond acceptors (Lipinski definition) is 2. The van der Waals surface area contributed by atoms with Crippen LogP contribution in [0, 0.1) is 0 Å². The Kier molecular flexibility index (Phi) is 3.87. The van der Waals surface area contributed by atoms with E-state index in [1.807, 2.05) is 0 Å². The van der Waals surface area contributed by atoms with Gasteiger partial charge in [0.1, 0.15) is 5.54 Å². The number of carbonyl (C=O) groups is 2. The molecule has 0 heterocycles. The first-order valence-electron chi connectivity index (χ1n) is 5.70. The lowest BCUT2D eigenvalue weighted by atomic mass is 9.77. The Morgan fingerprint density at radius 3 is 2.16 bits per heavy atom. The minimum Gasteiger partial charge on any atom is -0.480 e. The molecular weight excluding hydrogens is 291 g/mol. The summed E-state index contributed by atoms with van der Waals surface area (Å²) in [6.45, 7) is 0. The normalized spacial score (nSPS) is 16.3. The topological polar surface area (TPSA) is 78.4 Å².